The van der Waals surface area contributed by atoms with E-state index in [2.05, 4.69) is 24.1 Å². The summed E-state index contributed by atoms with van der Waals surface area (Å²) in [5.74, 6) is 0.792. The van der Waals surface area contributed by atoms with Crippen LogP contribution in [0.15, 0.2) is 78.2 Å². The fourth-order valence-corrected chi connectivity index (χ4v) is 3.97. The summed E-state index contributed by atoms with van der Waals surface area (Å²) in [4.78, 5) is 24.5. The van der Waals surface area contributed by atoms with E-state index in [4.69, 9.17) is 4.98 Å². The summed E-state index contributed by atoms with van der Waals surface area (Å²) in [6.07, 6.45) is 5.10. The Kier molecular flexibility index (Phi) is 5.86. The molecule has 146 valence electrons. The molecular weight excluding hydrogens is 378 g/mol. The highest BCUT2D eigenvalue weighted by molar-refractivity contribution is 7.13. The standard InChI is InChI=1S/C24H23N3OS/c1-2-3-7-15-27(17-18-10-5-4-6-11-18)24(28)19-12-8-13-20-22(19)26-23(25-20)21-14-9-16-29-21/h3-14,16H,2,15,17H2,1H3,(H,25,26)/b7-3+. The van der Waals surface area contributed by atoms with Crippen molar-refractivity contribution in [3.8, 4) is 10.7 Å². The van der Waals surface area contributed by atoms with Gasteiger partial charge in [0.25, 0.3) is 5.91 Å². The molecule has 4 aromatic rings. The number of para-hydroxylation sites is 1. The van der Waals surface area contributed by atoms with Gasteiger partial charge >= 0.3 is 0 Å². The molecular formula is C24H23N3OS. The summed E-state index contributed by atoms with van der Waals surface area (Å²) < 4.78 is 0. The van der Waals surface area contributed by atoms with Gasteiger partial charge in [0, 0.05) is 13.1 Å². The molecule has 0 fully saturated rings. The van der Waals surface area contributed by atoms with Crippen LogP contribution in [0.1, 0.15) is 29.3 Å². The number of thiophene rings is 1. The molecule has 2 aromatic heterocycles. The molecule has 4 nitrogen and oxygen atoms in total. The Labute approximate surface area is 174 Å². The SMILES string of the molecule is CC/C=C/CN(Cc1ccccc1)C(=O)c1cccc2[nH]c(-c3cccs3)nc12. The lowest BCUT2D eigenvalue weighted by molar-refractivity contribution is 0.0764. The fraction of sp³-hybridized carbons (Fsp3) is 0.167. The molecule has 0 radical (unpaired) electrons. The third kappa shape index (κ3) is 4.30. The summed E-state index contributed by atoms with van der Waals surface area (Å²) in [6, 6.07) is 19.9. The average molecular weight is 402 g/mol. The first-order valence-electron chi connectivity index (χ1n) is 9.77. The number of rotatable bonds is 7. The van der Waals surface area contributed by atoms with Crippen LogP contribution in [0, 0.1) is 0 Å². The van der Waals surface area contributed by atoms with Crippen LogP contribution in [0.2, 0.25) is 0 Å². The number of hydrogen-bond donors (Lipinski definition) is 1. The Bertz CT molecular complexity index is 1110. The molecule has 0 aliphatic carbocycles. The van der Waals surface area contributed by atoms with Crippen molar-refractivity contribution in [3.63, 3.8) is 0 Å². The van der Waals surface area contributed by atoms with Crippen molar-refractivity contribution in [1.82, 2.24) is 14.9 Å². The number of hydrogen-bond acceptors (Lipinski definition) is 3. The molecule has 1 amide bonds. The summed E-state index contributed by atoms with van der Waals surface area (Å²) in [5, 5.41) is 2.02. The Morgan fingerprint density at radius 2 is 1.93 bits per heavy atom. The monoisotopic (exact) mass is 401 g/mol. The molecule has 0 unspecified atom stereocenters. The van der Waals surface area contributed by atoms with E-state index < -0.39 is 0 Å². The van der Waals surface area contributed by atoms with E-state index in [1.807, 2.05) is 70.9 Å². The largest absolute Gasteiger partial charge is 0.337 e. The molecule has 0 bridgehead atoms. The number of H-pyrrole nitrogens is 1. The van der Waals surface area contributed by atoms with Crippen molar-refractivity contribution in [2.75, 3.05) is 6.54 Å². The number of imidazole rings is 1. The number of benzene rings is 2. The second-order valence-corrected chi connectivity index (χ2v) is 7.76. The summed E-state index contributed by atoms with van der Waals surface area (Å²) >= 11 is 1.63. The van der Waals surface area contributed by atoms with Crippen LogP contribution in [0.25, 0.3) is 21.7 Å². The van der Waals surface area contributed by atoms with Crippen LogP contribution >= 0.6 is 11.3 Å². The lowest BCUT2D eigenvalue weighted by atomic mass is 10.1. The third-order valence-electron chi connectivity index (χ3n) is 4.73. The molecule has 5 heteroatoms. The first-order valence-corrected chi connectivity index (χ1v) is 10.6. The van der Waals surface area contributed by atoms with Gasteiger partial charge in [0.05, 0.1) is 16.0 Å². The molecule has 29 heavy (non-hydrogen) atoms. The van der Waals surface area contributed by atoms with Crippen LogP contribution in [-0.4, -0.2) is 27.3 Å². The van der Waals surface area contributed by atoms with E-state index in [-0.39, 0.29) is 5.91 Å². The molecule has 2 aromatic carbocycles. The van der Waals surface area contributed by atoms with Gasteiger partial charge in [-0.3, -0.25) is 4.79 Å². The predicted octanol–water partition coefficient (Wildman–Crippen LogP) is 5.90. The van der Waals surface area contributed by atoms with E-state index >= 15 is 0 Å². The van der Waals surface area contributed by atoms with Gasteiger partial charge in [0.15, 0.2) is 0 Å². The van der Waals surface area contributed by atoms with Crippen molar-refractivity contribution >= 4 is 28.3 Å². The van der Waals surface area contributed by atoms with Gasteiger partial charge in [-0.15, -0.1) is 11.3 Å². The topological polar surface area (TPSA) is 49.0 Å². The molecule has 2 heterocycles. The van der Waals surface area contributed by atoms with Crippen LogP contribution in [-0.2, 0) is 6.54 Å². The second-order valence-electron chi connectivity index (χ2n) is 6.82. The van der Waals surface area contributed by atoms with Crippen LogP contribution in [0.5, 0.6) is 0 Å². The molecule has 0 aliphatic heterocycles. The minimum atomic E-state index is -0.00978. The zero-order chi connectivity index (χ0) is 20.1. The first-order chi connectivity index (χ1) is 14.3. The number of amides is 1. The normalized spacial score (nSPS) is 11.3. The van der Waals surface area contributed by atoms with Gasteiger partial charge in [0.1, 0.15) is 11.3 Å². The predicted molar refractivity (Wildman–Crippen MR) is 120 cm³/mol. The number of nitrogens with one attached hydrogen (secondary N) is 1. The maximum atomic E-state index is 13.5. The number of allylic oxidation sites excluding steroid dienone is 1. The number of carbonyl (C=O) groups excluding carboxylic acids is 1. The second kappa shape index (κ2) is 8.88. The Morgan fingerprint density at radius 1 is 1.07 bits per heavy atom. The third-order valence-corrected chi connectivity index (χ3v) is 5.61. The Balaban J connectivity index is 1.69. The zero-order valence-electron chi connectivity index (χ0n) is 16.3. The maximum Gasteiger partial charge on any atom is 0.256 e. The lowest BCUT2D eigenvalue weighted by Crippen LogP contribution is -2.31. The van der Waals surface area contributed by atoms with Gasteiger partial charge < -0.3 is 9.88 Å². The maximum absolute atomic E-state index is 13.5. The van der Waals surface area contributed by atoms with Gasteiger partial charge in [0.2, 0.25) is 0 Å². The van der Waals surface area contributed by atoms with Crippen molar-refractivity contribution < 1.29 is 4.79 Å². The van der Waals surface area contributed by atoms with Crippen molar-refractivity contribution in [3.05, 3.63) is 89.3 Å². The number of carbonyl (C=O) groups is 1. The van der Waals surface area contributed by atoms with E-state index in [1.165, 1.54) is 0 Å². The van der Waals surface area contributed by atoms with Crippen LogP contribution < -0.4 is 0 Å². The molecule has 0 saturated heterocycles. The minimum absolute atomic E-state index is 0.00978. The van der Waals surface area contributed by atoms with Gasteiger partial charge in [-0.2, -0.15) is 0 Å². The Hall–Kier alpha value is -3.18. The average Bonchev–Trinajstić information content (AvgIpc) is 3.42. The number of aromatic nitrogens is 2. The molecule has 0 saturated carbocycles. The molecule has 0 atom stereocenters. The number of aromatic amines is 1. The lowest BCUT2D eigenvalue weighted by Gasteiger charge is -2.21. The Morgan fingerprint density at radius 3 is 2.69 bits per heavy atom. The van der Waals surface area contributed by atoms with Gasteiger partial charge in [-0.25, -0.2) is 4.98 Å². The summed E-state index contributed by atoms with van der Waals surface area (Å²) in [7, 11) is 0. The summed E-state index contributed by atoms with van der Waals surface area (Å²) in [5.41, 5.74) is 3.34. The molecule has 0 aliphatic rings. The summed E-state index contributed by atoms with van der Waals surface area (Å²) in [6.45, 7) is 3.23. The highest BCUT2D eigenvalue weighted by Gasteiger charge is 2.20. The highest BCUT2D eigenvalue weighted by atomic mass is 32.1. The highest BCUT2D eigenvalue weighted by Crippen LogP contribution is 2.27. The van der Waals surface area contributed by atoms with E-state index in [9.17, 15) is 4.79 Å². The first kappa shape index (κ1) is 19.2. The van der Waals surface area contributed by atoms with Crippen LogP contribution in [0.3, 0.4) is 0 Å². The number of fused-ring (bicyclic) bond motifs is 1. The van der Waals surface area contributed by atoms with Crippen LogP contribution in [0.4, 0.5) is 0 Å². The molecule has 0 spiro atoms. The van der Waals surface area contributed by atoms with Gasteiger partial charge in [-0.1, -0.05) is 61.5 Å². The van der Waals surface area contributed by atoms with Crippen molar-refractivity contribution in [2.24, 2.45) is 0 Å². The fourth-order valence-electron chi connectivity index (χ4n) is 3.30. The van der Waals surface area contributed by atoms with Crippen molar-refractivity contribution in [2.45, 2.75) is 19.9 Å². The molecule has 4 rings (SSSR count). The smallest absolute Gasteiger partial charge is 0.256 e. The molecule has 1 N–H and O–H groups in total. The zero-order valence-corrected chi connectivity index (χ0v) is 17.2. The van der Waals surface area contributed by atoms with Gasteiger partial charge in [-0.05, 0) is 35.6 Å². The number of nitrogens with zero attached hydrogens (tertiary/aromatic N) is 2. The van der Waals surface area contributed by atoms with E-state index in [1.54, 1.807) is 11.3 Å². The minimum Gasteiger partial charge on any atom is -0.337 e. The quantitative estimate of drug-likeness (QED) is 0.392. The van der Waals surface area contributed by atoms with E-state index in [0.717, 1.165) is 33.7 Å². The van der Waals surface area contributed by atoms with Crippen molar-refractivity contribution in [1.29, 1.82) is 0 Å². The van der Waals surface area contributed by atoms with E-state index in [0.29, 0.717) is 18.7 Å².